The van der Waals surface area contributed by atoms with E-state index in [1.54, 1.807) is 0 Å². The maximum absolute atomic E-state index is 2.77. The fourth-order valence-electron chi connectivity index (χ4n) is 0. The first-order valence-corrected chi connectivity index (χ1v) is 6.20. The van der Waals surface area contributed by atoms with Gasteiger partial charge >= 0.3 is 0 Å². The molecule has 0 aromatic rings. The molecule has 0 nitrogen and oxygen atoms in total. The van der Waals surface area contributed by atoms with Gasteiger partial charge < -0.3 is 0 Å². The van der Waals surface area contributed by atoms with E-state index in [1.807, 2.05) is 0 Å². The molecule has 0 amide bonds. The minimum Gasteiger partial charge on any atom is -0.0973 e. The summed E-state index contributed by atoms with van der Waals surface area (Å²) in [6.45, 7) is 7.00. The fraction of sp³-hybridized carbons (Fsp3) is 1.00. The Morgan fingerprint density at radius 3 is 1.50 bits per heavy atom. The molecule has 0 aromatic heterocycles. The molecule has 0 bridgehead atoms. The van der Waals surface area contributed by atoms with E-state index >= 15 is 0 Å². The largest absolute Gasteiger partial charge is 0.0973 e. The van der Waals surface area contributed by atoms with E-state index in [-0.39, 0.29) is 0 Å². The molecule has 0 N–H and O–H groups in total. The van der Waals surface area contributed by atoms with E-state index < -0.39 is 7.26 Å². The van der Waals surface area contributed by atoms with Gasteiger partial charge in [-0.2, -0.15) is 0 Å². The summed E-state index contributed by atoms with van der Waals surface area (Å²) in [6.07, 6.45) is 0. The Morgan fingerprint density at radius 1 is 1.33 bits per heavy atom. The average Bonchev–Trinajstić information content (AvgIpc) is 1.35. The lowest BCUT2D eigenvalue weighted by molar-refractivity contribution is 1.90. The van der Waals surface area contributed by atoms with Crippen LogP contribution in [0.2, 0.25) is 0 Å². The molecule has 1 atom stereocenters. The van der Waals surface area contributed by atoms with Crippen LogP contribution >= 0.6 is 16.5 Å². The van der Waals surface area contributed by atoms with E-state index in [0.29, 0.717) is 0 Å². The zero-order valence-electron chi connectivity index (χ0n) is 4.73. The van der Waals surface area contributed by atoms with Gasteiger partial charge in [-0.05, 0) is 0 Å². The molecule has 0 radical (unpaired) electrons. The fourth-order valence-corrected chi connectivity index (χ4v) is 0. The summed E-state index contributed by atoms with van der Waals surface area (Å²) in [6, 6.07) is 0. The topological polar surface area (TPSA) is 0 Å². The maximum Gasteiger partial charge on any atom is 0.0712 e. The zero-order valence-corrected chi connectivity index (χ0v) is 6.78. The molecule has 0 saturated heterocycles. The lowest BCUT2D eigenvalue weighted by Gasteiger charge is -2.05. The van der Waals surface area contributed by atoms with Gasteiger partial charge in [0, 0.05) is 27.3 Å². The maximum atomic E-state index is 2.77. The van der Waals surface area contributed by atoms with Crippen LogP contribution in [-0.4, -0.2) is 25.9 Å². The molecule has 0 aliphatic heterocycles. The molecule has 0 fully saturated rings. The van der Waals surface area contributed by atoms with Crippen molar-refractivity contribution in [3.63, 3.8) is 0 Å². The van der Waals surface area contributed by atoms with E-state index in [2.05, 4.69) is 29.2 Å². The monoisotopic (exact) mass is 123 g/mol. The summed E-state index contributed by atoms with van der Waals surface area (Å²) >= 11 is 0. The first-order chi connectivity index (χ1) is 2.56. The van der Waals surface area contributed by atoms with Crippen LogP contribution in [0.1, 0.15) is 0 Å². The summed E-state index contributed by atoms with van der Waals surface area (Å²) < 4.78 is 0. The predicted octanol–water partition coefficient (Wildman–Crippen LogP) is 1.73. The van der Waals surface area contributed by atoms with E-state index in [4.69, 9.17) is 0 Å². The second kappa shape index (κ2) is 2.24. The van der Waals surface area contributed by atoms with Crippen LogP contribution in [0.25, 0.3) is 0 Å². The molecular weight excluding hydrogens is 110 g/mol. The van der Waals surface area contributed by atoms with Crippen LogP contribution in [-0.2, 0) is 0 Å². The van der Waals surface area contributed by atoms with Crippen LogP contribution in [0.3, 0.4) is 0 Å². The molecule has 0 rings (SSSR count). The highest BCUT2D eigenvalue weighted by atomic mass is 31.2. The standard InChI is InChI=1S/C4H13P2/c1-6(2,3)4-5/h4-5H2,1-3H3/q+1. The number of hydrogen-bond donors (Lipinski definition) is 0. The Morgan fingerprint density at radius 2 is 1.50 bits per heavy atom. The summed E-state index contributed by atoms with van der Waals surface area (Å²) in [7, 11) is 2.34. The average molecular weight is 123 g/mol. The molecule has 6 heavy (non-hydrogen) atoms. The zero-order chi connectivity index (χ0) is 5.21. The summed E-state index contributed by atoms with van der Waals surface area (Å²) in [5.74, 6) is 1.30. The Kier molecular flexibility index (Phi) is 2.56. The predicted molar refractivity (Wildman–Crippen MR) is 39.3 cm³/mol. The van der Waals surface area contributed by atoms with Crippen molar-refractivity contribution < 1.29 is 0 Å². The van der Waals surface area contributed by atoms with Gasteiger partial charge in [-0.1, -0.05) is 9.24 Å². The van der Waals surface area contributed by atoms with E-state index in [0.717, 1.165) is 0 Å². The SMILES string of the molecule is C[P+](C)(C)CP. The number of rotatable bonds is 1. The summed E-state index contributed by atoms with van der Waals surface area (Å²) in [5.41, 5.74) is 0. The Labute approximate surface area is 43.2 Å². The lowest BCUT2D eigenvalue weighted by atomic mass is 11.8. The van der Waals surface area contributed by atoms with Crippen LogP contribution in [0.15, 0.2) is 0 Å². The molecule has 2 heteroatoms. The van der Waals surface area contributed by atoms with E-state index in [1.165, 1.54) is 5.90 Å². The Bertz CT molecular complexity index is 35.3. The van der Waals surface area contributed by atoms with Crippen molar-refractivity contribution in [1.29, 1.82) is 0 Å². The molecule has 0 saturated carbocycles. The van der Waals surface area contributed by atoms with Gasteiger partial charge in [-0.25, -0.2) is 0 Å². The van der Waals surface area contributed by atoms with Crippen molar-refractivity contribution in [3.05, 3.63) is 0 Å². The van der Waals surface area contributed by atoms with Crippen molar-refractivity contribution in [2.24, 2.45) is 0 Å². The minimum atomic E-state index is -0.434. The van der Waals surface area contributed by atoms with Crippen molar-refractivity contribution in [3.8, 4) is 0 Å². The van der Waals surface area contributed by atoms with Gasteiger partial charge in [-0.3, -0.25) is 0 Å². The quantitative estimate of drug-likeness (QED) is 0.466. The third-order valence-corrected chi connectivity index (χ3v) is 4.93. The third-order valence-electron chi connectivity index (χ3n) is 0.548. The van der Waals surface area contributed by atoms with Gasteiger partial charge in [-0.15, -0.1) is 0 Å². The highest BCUT2D eigenvalue weighted by molar-refractivity contribution is 7.78. The first kappa shape index (κ1) is 6.86. The Hall–Kier alpha value is 0.860. The molecule has 0 heterocycles. The van der Waals surface area contributed by atoms with Crippen LogP contribution in [0.4, 0.5) is 0 Å². The third kappa shape index (κ3) is 4.86. The second-order valence-corrected chi connectivity index (χ2v) is 8.51. The van der Waals surface area contributed by atoms with E-state index in [9.17, 15) is 0 Å². The molecule has 0 aliphatic rings. The Balaban J connectivity index is 3.17. The van der Waals surface area contributed by atoms with Crippen LogP contribution < -0.4 is 0 Å². The van der Waals surface area contributed by atoms with Crippen molar-refractivity contribution >= 4 is 16.5 Å². The molecule has 38 valence electrons. The van der Waals surface area contributed by atoms with Crippen LogP contribution in [0, 0.1) is 0 Å². The second-order valence-electron chi connectivity index (χ2n) is 2.47. The van der Waals surface area contributed by atoms with Crippen molar-refractivity contribution in [1.82, 2.24) is 0 Å². The highest BCUT2D eigenvalue weighted by Crippen LogP contribution is 2.47. The molecule has 0 aromatic carbocycles. The molecule has 1 unspecified atom stereocenters. The molecular formula is C4H13P2+. The van der Waals surface area contributed by atoms with Crippen LogP contribution in [0.5, 0.6) is 0 Å². The summed E-state index contributed by atoms with van der Waals surface area (Å²) in [5, 5.41) is 0. The van der Waals surface area contributed by atoms with Gasteiger partial charge in [0.1, 0.15) is 0 Å². The number of hydrogen-bond acceptors (Lipinski definition) is 0. The van der Waals surface area contributed by atoms with Gasteiger partial charge in [0.15, 0.2) is 0 Å². The molecule has 0 aliphatic carbocycles. The lowest BCUT2D eigenvalue weighted by Crippen LogP contribution is -1.81. The van der Waals surface area contributed by atoms with Crippen molar-refractivity contribution in [2.45, 2.75) is 0 Å². The van der Waals surface area contributed by atoms with Gasteiger partial charge in [0.25, 0.3) is 0 Å². The molecule has 0 spiro atoms. The highest BCUT2D eigenvalue weighted by Gasteiger charge is 2.11. The van der Waals surface area contributed by atoms with Crippen molar-refractivity contribution in [2.75, 3.05) is 25.9 Å². The van der Waals surface area contributed by atoms with Gasteiger partial charge in [0.2, 0.25) is 0 Å². The first-order valence-electron chi connectivity index (χ1n) is 2.07. The van der Waals surface area contributed by atoms with Gasteiger partial charge in [0.05, 0.1) is 5.90 Å². The smallest absolute Gasteiger partial charge is 0.0712 e. The minimum absolute atomic E-state index is 0.434. The summed E-state index contributed by atoms with van der Waals surface area (Å²) in [4.78, 5) is 0. The normalized spacial score (nSPS) is 12.0.